The quantitative estimate of drug-likeness (QED) is 0.510. The minimum Gasteiger partial charge on any atom is -0.497 e. The smallest absolute Gasteiger partial charge is 0.261 e. The van der Waals surface area contributed by atoms with Crippen molar-refractivity contribution < 1.29 is 14.3 Å². The molecule has 1 amide bonds. The van der Waals surface area contributed by atoms with Crippen LogP contribution in [-0.4, -0.2) is 38.9 Å². The number of nitrogens with zero attached hydrogens (tertiary/aromatic N) is 4. The highest BCUT2D eigenvalue weighted by atomic mass is 16.5. The Morgan fingerprint density at radius 1 is 1.00 bits per heavy atom. The van der Waals surface area contributed by atoms with Gasteiger partial charge in [0.05, 0.1) is 19.3 Å². The van der Waals surface area contributed by atoms with E-state index in [0.29, 0.717) is 17.2 Å². The summed E-state index contributed by atoms with van der Waals surface area (Å²) in [6.07, 6.45) is -0.644. The molecule has 1 unspecified atom stereocenters. The van der Waals surface area contributed by atoms with E-state index in [4.69, 9.17) is 9.47 Å². The van der Waals surface area contributed by atoms with Crippen molar-refractivity contribution >= 4 is 11.6 Å². The highest BCUT2D eigenvalue weighted by molar-refractivity contribution is 5.80. The number of ether oxygens (including phenoxy) is 2. The summed E-state index contributed by atoms with van der Waals surface area (Å²) in [4.78, 5) is 12.4. The molecule has 0 fully saturated rings. The SMILES string of the molecule is COc1ccc(-c2ccc3nnc(CNC(=O)C(C)Oc4ccccc4)n3n2)cc1. The fraction of sp³-hybridized carbons (Fsp3) is 0.182. The van der Waals surface area contributed by atoms with Crippen LogP contribution in [0.5, 0.6) is 11.5 Å². The Bertz CT molecular complexity index is 1140. The lowest BCUT2D eigenvalue weighted by Gasteiger charge is -2.14. The van der Waals surface area contributed by atoms with Crippen LogP contribution in [0.4, 0.5) is 0 Å². The summed E-state index contributed by atoms with van der Waals surface area (Å²) in [5, 5.41) is 15.7. The molecule has 0 aliphatic heterocycles. The predicted octanol–water partition coefficient (Wildman–Crippen LogP) is 2.88. The van der Waals surface area contributed by atoms with Crippen molar-refractivity contribution in [2.45, 2.75) is 19.6 Å². The molecule has 0 aliphatic rings. The molecule has 0 saturated heterocycles. The van der Waals surface area contributed by atoms with E-state index < -0.39 is 6.10 Å². The van der Waals surface area contributed by atoms with Gasteiger partial charge in [0, 0.05) is 5.56 Å². The van der Waals surface area contributed by atoms with Gasteiger partial charge in [-0.3, -0.25) is 4.79 Å². The number of fused-ring (bicyclic) bond motifs is 1. The standard InChI is InChI=1S/C22H21N5O3/c1-15(30-18-6-4-3-5-7-18)22(28)23-14-21-25-24-20-13-12-19(26-27(20)21)16-8-10-17(29-2)11-9-16/h3-13,15H,14H2,1-2H3,(H,23,28). The molecule has 2 aromatic carbocycles. The van der Waals surface area contributed by atoms with E-state index in [9.17, 15) is 4.79 Å². The molecule has 4 aromatic rings. The second-order valence-electron chi connectivity index (χ2n) is 6.62. The number of methoxy groups -OCH3 is 1. The minimum atomic E-state index is -0.644. The first-order chi connectivity index (χ1) is 14.6. The zero-order valence-electron chi connectivity index (χ0n) is 16.6. The molecule has 8 nitrogen and oxygen atoms in total. The molecule has 1 atom stereocenters. The number of hydrogen-bond donors (Lipinski definition) is 1. The fourth-order valence-electron chi connectivity index (χ4n) is 2.93. The summed E-state index contributed by atoms with van der Waals surface area (Å²) < 4.78 is 12.5. The van der Waals surface area contributed by atoms with Gasteiger partial charge < -0.3 is 14.8 Å². The van der Waals surface area contributed by atoms with Crippen molar-refractivity contribution in [1.82, 2.24) is 25.1 Å². The van der Waals surface area contributed by atoms with Gasteiger partial charge >= 0.3 is 0 Å². The maximum atomic E-state index is 12.4. The lowest BCUT2D eigenvalue weighted by molar-refractivity contribution is -0.127. The Hall–Kier alpha value is -3.94. The van der Waals surface area contributed by atoms with Crippen molar-refractivity contribution in [1.29, 1.82) is 0 Å². The van der Waals surface area contributed by atoms with E-state index in [-0.39, 0.29) is 12.5 Å². The molecule has 2 heterocycles. The van der Waals surface area contributed by atoms with Crippen molar-refractivity contribution in [3.05, 3.63) is 72.6 Å². The number of hydrogen-bond acceptors (Lipinski definition) is 6. The van der Waals surface area contributed by atoms with Crippen LogP contribution in [0.25, 0.3) is 16.9 Å². The van der Waals surface area contributed by atoms with Crippen LogP contribution in [0.15, 0.2) is 66.7 Å². The van der Waals surface area contributed by atoms with Gasteiger partial charge in [-0.05, 0) is 55.5 Å². The van der Waals surface area contributed by atoms with Gasteiger partial charge in [0.1, 0.15) is 11.5 Å². The Labute approximate surface area is 173 Å². The molecule has 152 valence electrons. The van der Waals surface area contributed by atoms with E-state index in [1.54, 1.807) is 30.7 Å². The number of aromatic nitrogens is 4. The van der Waals surface area contributed by atoms with Gasteiger partial charge in [0.15, 0.2) is 17.6 Å². The zero-order valence-corrected chi connectivity index (χ0v) is 16.6. The monoisotopic (exact) mass is 403 g/mol. The molecule has 0 radical (unpaired) electrons. The topological polar surface area (TPSA) is 90.6 Å². The zero-order chi connectivity index (χ0) is 20.9. The summed E-state index contributed by atoms with van der Waals surface area (Å²) in [6.45, 7) is 1.88. The second kappa shape index (κ2) is 8.60. The van der Waals surface area contributed by atoms with Crippen LogP contribution in [0.1, 0.15) is 12.7 Å². The average molecular weight is 403 g/mol. The van der Waals surface area contributed by atoms with E-state index in [1.807, 2.05) is 54.6 Å². The number of nitrogens with one attached hydrogen (secondary N) is 1. The third-order valence-corrected chi connectivity index (χ3v) is 4.56. The lowest BCUT2D eigenvalue weighted by atomic mass is 10.1. The summed E-state index contributed by atoms with van der Waals surface area (Å²) in [5.74, 6) is 1.70. The van der Waals surface area contributed by atoms with Crippen molar-refractivity contribution in [2.75, 3.05) is 7.11 Å². The van der Waals surface area contributed by atoms with Crippen LogP contribution < -0.4 is 14.8 Å². The predicted molar refractivity (Wildman–Crippen MR) is 111 cm³/mol. The Balaban J connectivity index is 1.46. The normalized spacial score (nSPS) is 11.8. The van der Waals surface area contributed by atoms with E-state index in [0.717, 1.165) is 17.0 Å². The van der Waals surface area contributed by atoms with Gasteiger partial charge in [-0.25, -0.2) is 0 Å². The number of amides is 1. The first-order valence-electron chi connectivity index (χ1n) is 9.49. The third kappa shape index (κ3) is 4.22. The van der Waals surface area contributed by atoms with E-state index in [1.165, 1.54) is 0 Å². The molecular formula is C22H21N5O3. The minimum absolute atomic E-state index is 0.182. The van der Waals surface area contributed by atoms with Gasteiger partial charge in [-0.15, -0.1) is 10.2 Å². The average Bonchev–Trinajstić information content (AvgIpc) is 3.20. The fourth-order valence-corrected chi connectivity index (χ4v) is 2.93. The number of carbonyl (C=O) groups excluding carboxylic acids is 1. The van der Waals surface area contributed by atoms with Crippen LogP contribution in [0.3, 0.4) is 0 Å². The van der Waals surface area contributed by atoms with Gasteiger partial charge in [0.25, 0.3) is 5.91 Å². The van der Waals surface area contributed by atoms with Crippen molar-refractivity contribution in [3.63, 3.8) is 0 Å². The highest BCUT2D eigenvalue weighted by Crippen LogP contribution is 2.21. The molecular weight excluding hydrogens is 382 g/mol. The molecule has 30 heavy (non-hydrogen) atoms. The lowest BCUT2D eigenvalue weighted by Crippen LogP contribution is -2.36. The van der Waals surface area contributed by atoms with E-state index in [2.05, 4.69) is 20.6 Å². The van der Waals surface area contributed by atoms with Gasteiger partial charge in [-0.2, -0.15) is 9.61 Å². The molecule has 2 aromatic heterocycles. The van der Waals surface area contributed by atoms with Crippen LogP contribution in [-0.2, 0) is 11.3 Å². The molecule has 0 saturated carbocycles. The second-order valence-corrected chi connectivity index (χ2v) is 6.62. The first kappa shape index (κ1) is 19.4. The number of rotatable bonds is 7. The maximum absolute atomic E-state index is 12.4. The molecule has 8 heteroatoms. The van der Waals surface area contributed by atoms with Crippen LogP contribution in [0.2, 0.25) is 0 Å². The molecule has 1 N–H and O–H groups in total. The largest absolute Gasteiger partial charge is 0.497 e. The Kier molecular flexibility index (Phi) is 5.56. The summed E-state index contributed by atoms with van der Waals surface area (Å²) >= 11 is 0. The Morgan fingerprint density at radius 3 is 2.50 bits per heavy atom. The summed E-state index contributed by atoms with van der Waals surface area (Å²) in [6, 6.07) is 20.6. The van der Waals surface area contributed by atoms with Crippen molar-refractivity contribution in [2.24, 2.45) is 0 Å². The number of carbonyl (C=O) groups is 1. The van der Waals surface area contributed by atoms with Gasteiger partial charge in [-0.1, -0.05) is 18.2 Å². The molecule has 0 bridgehead atoms. The van der Waals surface area contributed by atoms with Crippen LogP contribution >= 0.6 is 0 Å². The maximum Gasteiger partial charge on any atom is 0.261 e. The molecule has 0 aliphatic carbocycles. The highest BCUT2D eigenvalue weighted by Gasteiger charge is 2.16. The number of para-hydroxylation sites is 1. The summed E-state index contributed by atoms with van der Waals surface area (Å²) in [7, 11) is 1.63. The van der Waals surface area contributed by atoms with Crippen LogP contribution in [0, 0.1) is 0 Å². The summed E-state index contributed by atoms with van der Waals surface area (Å²) in [5.41, 5.74) is 2.30. The van der Waals surface area contributed by atoms with E-state index >= 15 is 0 Å². The van der Waals surface area contributed by atoms with Gasteiger partial charge in [0.2, 0.25) is 0 Å². The molecule has 4 rings (SSSR count). The molecule has 0 spiro atoms. The number of benzene rings is 2. The Morgan fingerprint density at radius 2 is 1.77 bits per heavy atom. The third-order valence-electron chi connectivity index (χ3n) is 4.56. The van der Waals surface area contributed by atoms with Crippen molar-refractivity contribution in [3.8, 4) is 22.8 Å². The first-order valence-corrected chi connectivity index (χ1v) is 9.49.